The Bertz CT molecular complexity index is 302. The Morgan fingerprint density at radius 3 is 2.54 bits per heavy atom. The van der Waals surface area contributed by atoms with Crippen LogP contribution in [0.15, 0.2) is 18.3 Å². The quantitative estimate of drug-likeness (QED) is 0.724. The van der Waals surface area contributed by atoms with Crippen LogP contribution in [0.5, 0.6) is 0 Å². The summed E-state index contributed by atoms with van der Waals surface area (Å²) in [5, 5.41) is 8.69. The van der Waals surface area contributed by atoms with Crippen LogP contribution in [-0.4, -0.2) is 16.3 Å². The molecule has 0 aliphatic heterocycles. The molecular weight excluding hydrogens is 207 g/mol. The Labute approximate surface area is 77.0 Å². The minimum atomic E-state index is -4.68. The molecule has 0 fully saturated rings. The molecule has 1 atom stereocenters. The second-order valence-corrected chi connectivity index (χ2v) is 2.74. The van der Waals surface area contributed by atoms with Crippen molar-refractivity contribution in [2.45, 2.75) is 12.3 Å². The average Bonchev–Trinajstić information content (AvgIpc) is 2.01. The van der Waals surface area contributed by atoms with E-state index < -0.39 is 12.3 Å². The van der Waals surface area contributed by atoms with Gasteiger partial charge in [0.2, 0.25) is 0 Å². The lowest BCUT2D eigenvalue weighted by molar-refractivity contribution is -0.206. The Morgan fingerprint density at radius 2 is 2.08 bits per heavy atom. The third-order valence-electron chi connectivity index (χ3n) is 1.38. The average molecular weight is 212 g/mol. The molecule has 0 saturated heterocycles. The molecule has 0 spiro atoms. The van der Waals surface area contributed by atoms with Gasteiger partial charge in [0.25, 0.3) is 0 Å². The lowest BCUT2D eigenvalue weighted by Crippen LogP contribution is -2.20. The van der Waals surface area contributed by atoms with Gasteiger partial charge in [-0.05, 0) is 17.7 Å². The molecule has 1 heterocycles. The summed E-state index contributed by atoms with van der Waals surface area (Å²) >= 11 is 5.35. The maximum Gasteiger partial charge on any atom is 0.418 e. The van der Waals surface area contributed by atoms with Crippen LogP contribution in [0.3, 0.4) is 0 Å². The molecule has 0 radical (unpaired) electrons. The van der Waals surface area contributed by atoms with E-state index in [0.29, 0.717) is 0 Å². The van der Waals surface area contributed by atoms with Gasteiger partial charge >= 0.3 is 6.18 Å². The van der Waals surface area contributed by atoms with Gasteiger partial charge in [-0.2, -0.15) is 13.2 Å². The van der Waals surface area contributed by atoms with Crippen molar-refractivity contribution in [3.63, 3.8) is 0 Å². The van der Waals surface area contributed by atoms with Crippen LogP contribution >= 0.6 is 11.6 Å². The second-order valence-electron chi connectivity index (χ2n) is 2.36. The number of hydrogen-bond acceptors (Lipinski definition) is 2. The van der Waals surface area contributed by atoms with E-state index in [1.807, 2.05) is 0 Å². The number of halogens is 4. The van der Waals surface area contributed by atoms with E-state index in [2.05, 4.69) is 4.98 Å². The summed E-state index contributed by atoms with van der Waals surface area (Å²) in [6, 6.07) is 2.03. The molecule has 0 aliphatic carbocycles. The third-order valence-corrected chi connectivity index (χ3v) is 1.58. The highest BCUT2D eigenvalue weighted by atomic mass is 35.5. The third kappa shape index (κ3) is 2.57. The van der Waals surface area contributed by atoms with E-state index in [4.69, 9.17) is 16.7 Å². The summed E-state index contributed by atoms with van der Waals surface area (Å²) in [6.45, 7) is 0. The summed E-state index contributed by atoms with van der Waals surface area (Å²) in [7, 11) is 0. The standard InChI is InChI=1S/C7H5ClF3NO/c8-5-3-4(1-2-12-5)6(13)7(9,10)11/h1-3,6,13H/t6-/m0/s1. The fraction of sp³-hybridized carbons (Fsp3) is 0.286. The monoisotopic (exact) mass is 211 g/mol. The number of aliphatic hydroxyl groups excluding tert-OH is 1. The molecule has 0 aliphatic rings. The van der Waals surface area contributed by atoms with Gasteiger partial charge in [-0.25, -0.2) is 4.98 Å². The number of aliphatic hydroxyl groups is 1. The minimum Gasteiger partial charge on any atom is -0.379 e. The first-order chi connectivity index (χ1) is 5.91. The van der Waals surface area contributed by atoms with Crippen LogP contribution in [-0.2, 0) is 0 Å². The SMILES string of the molecule is O[C@@H](c1ccnc(Cl)c1)C(F)(F)F. The first-order valence-electron chi connectivity index (χ1n) is 3.27. The lowest BCUT2D eigenvalue weighted by atomic mass is 10.1. The normalized spacial score (nSPS) is 14.2. The van der Waals surface area contributed by atoms with Crippen LogP contribution in [0.1, 0.15) is 11.7 Å². The van der Waals surface area contributed by atoms with Gasteiger partial charge < -0.3 is 5.11 Å². The highest BCUT2D eigenvalue weighted by Gasteiger charge is 2.39. The zero-order chi connectivity index (χ0) is 10.1. The Hall–Kier alpha value is -0.810. The van der Waals surface area contributed by atoms with Crippen molar-refractivity contribution in [3.8, 4) is 0 Å². The zero-order valence-corrected chi connectivity index (χ0v) is 6.97. The fourth-order valence-corrected chi connectivity index (χ4v) is 0.959. The summed E-state index contributed by atoms with van der Waals surface area (Å²) < 4.78 is 35.9. The predicted octanol–water partition coefficient (Wildman–Crippen LogP) is 2.33. The van der Waals surface area contributed by atoms with E-state index in [0.717, 1.165) is 18.3 Å². The highest BCUT2D eigenvalue weighted by molar-refractivity contribution is 6.29. The number of rotatable bonds is 1. The van der Waals surface area contributed by atoms with E-state index >= 15 is 0 Å². The molecular formula is C7H5ClF3NO. The molecule has 6 heteroatoms. The van der Waals surface area contributed by atoms with E-state index in [9.17, 15) is 13.2 Å². The minimum absolute atomic E-state index is 0.0826. The van der Waals surface area contributed by atoms with Gasteiger partial charge in [0.15, 0.2) is 6.10 Å². The number of alkyl halides is 3. The second kappa shape index (κ2) is 3.51. The zero-order valence-electron chi connectivity index (χ0n) is 6.22. The molecule has 0 amide bonds. The topological polar surface area (TPSA) is 33.1 Å². The lowest BCUT2D eigenvalue weighted by Gasteiger charge is -2.14. The van der Waals surface area contributed by atoms with Crippen LogP contribution in [0.4, 0.5) is 13.2 Å². The first-order valence-corrected chi connectivity index (χ1v) is 3.65. The van der Waals surface area contributed by atoms with Crippen molar-refractivity contribution in [1.29, 1.82) is 0 Å². The smallest absolute Gasteiger partial charge is 0.379 e. The van der Waals surface area contributed by atoms with Crippen LogP contribution in [0, 0.1) is 0 Å². The number of pyridine rings is 1. The van der Waals surface area contributed by atoms with Gasteiger partial charge in [0.1, 0.15) is 5.15 Å². The van der Waals surface area contributed by atoms with Crippen molar-refractivity contribution in [2.24, 2.45) is 0 Å². The Balaban J connectivity index is 2.96. The number of aromatic nitrogens is 1. The van der Waals surface area contributed by atoms with Gasteiger partial charge in [0, 0.05) is 6.20 Å². The summed E-state index contributed by atoms with van der Waals surface area (Å²) in [5.41, 5.74) is -0.312. The molecule has 0 unspecified atom stereocenters. The summed E-state index contributed by atoms with van der Waals surface area (Å²) in [5.74, 6) is 0. The molecule has 13 heavy (non-hydrogen) atoms. The van der Waals surface area contributed by atoms with Gasteiger partial charge in [0.05, 0.1) is 0 Å². The molecule has 0 saturated carbocycles. The highest BCUT2D eigenvalue weighted by Crippen LogP contribution is 2.32. The largest absolute Gasteiger partial charge is 0.418 e. The molecule has 0 aromatic carbocycles. The predicted molar refractivity (Wildman–Crippen MR) is 40.3 cm³/mol. The van der Waals surface area contributed by atoms with Gasteiger partial charge in [-0.15, -0.1) is 0 Å². The van der Waals surface area contributed by atoms with Gasteiger partial charge in [-0.3, -0.25) is 0 Å². The van der Waals surface area contributed by atoms with Crippen molar-refractivity contribution >= 4 is 11.6 Å². The molecule has 72 valence electrons. The van der Waals surface area contributed by atoms with Gasteiger partial charge in [-0.1, -0.05) is 11.6 Å². The van der Waals surface area contributed by atoms with Crippen LogP contribution in [0.2, 0.25) is 5.15 Å². The van der Waals surface area contributed by atoms with Crippen molar-refractivity contribution in [2.75, 3.05) is 0 Å². The number of hydrogen-bond donors (Lipinski definition) is 1. The first kappa shape index (κ1) is 10.3. The maximum atomic E-state index is 12.0. The summed E-state index contributed by atoms with van der Waals surface area (Å²) in [6.07, 6.45) is -6.08. The summed E-state index contributed by atoms with van der Waals surface area (Å²) in [4.78, 5) is 3.49. The Kier molecular flexibility index (Phi) is 2.77. The van der Waals surface area contributed by atoms with E-state index in [1.165, 1.54) is 0 Å². The van der Waals surface area contributed by atoms with Crippen molar-refractivity contribution in [1.82, 2.24) is 4.98 Å². The molecule has 1 aromatic rings. The molecule has 0 bridgehead atoms. The number of nitrogens with zero attached hydrogens (tertiary/aromatic N) is 1. The van der Waals surface area contributed by atoms with Crippen molar-refractivity contribution < 1.29 is 18.3 Å². The van der Waals surface area contributed by atoms with Crippen LogP contribution in [0.25, 0.3) is 0 Å². The molecule has 2 nitrogen and oxygen atoms in total. The molecule has 1 rings (SSSR count). The maximum absolute atomic E-state index is 12.0. The van der Waals surface area contributed by atoms with Crippen LogP contribution < -0.4 is 0 Å². The van der Waals surface area contributed by atoms with E-state index in [-0.39, 0.29) is 10.7 Å². The Morgan fingerprint density at radius 1 is 1.46 bits per heavy atom. The molecule has 1 N–H and O–H groups in total. The van der Waals surface area contributed by atoms with E-state index in [1.54, 1.807) is 0 Å². The fourth-order valence-electron chi connectivity index (χ4n) is 0.777. The molecule has 1 aromatic heterocycles. The van der Waals surface area contributed by atoms with Crippen molar-refractivity contribution in [3.05, 3.63) is 29.0 Å².